The van der Waals surface area contributed by atoms with Crippen molar-refractivity contribution in [1.82, 2.24) is 9.88 Å². The highest BCUT2D eigenvalue weighted by atomic mass is 32.2. The molecule has 5 nitrogen and oxygen atoms in total. The van der Waals surface area contributed by atoms with Crippen LogP contribution in [-0.4, -0.2) is 46.4 Å². The van der Waals surface area contributed by atoms with Crippen LogP contribution in [0.3, 0.4) is 0 Å². The molecule has 1 saturated heterocycles. The Morgan fingerprint density at radius 1 is 1.57 bits per heavy atom. The van der Waals surface area contributed by atoms with Crippen molar-refractivity contribution >= 4 is 40.0 Å². The molecular weight excluding hydrogens is 306 g/mol. The molecule has 2 heterocycles. The zero-order valence-corrected chi connectivity index (χ0v) is 14.0. The first kappa shape index (κ1) is 16.0. The van der Waals surface area contributed by atoms with Crippen molar-refractivity contribution in [2.75, 3.05) is 23.6 Å². The molecule has 1 unspecified atom stereocenters. The Balaban J connectivity index is 2.13. The molecule has 1 atom stereocenters. The lowest BCUT2D eigenvalue weighted by Gasteiger charge is -2.26. The van der Waals surface area contributed by atoms with Gasteiger partial charge >= 0.3 is 0 Å². The smallest absolute Gasteiger partial charge is 0.252 e. The van der Waals surface area contributed by atoms with Crippen LogP contribution in [-0.2, 0) is 9.59 Å². The van der Waals surface area contributed by atoms with Crippen molar-refractivity contribution in [3.05, 3.63) is 23.2 Å². The molecule has 1 aliphatic rings. The van der Waals surface area contributed by atoms with E-state index in [2.05, 4.69) is 4.98 Å². The topological polar surface area (TPSA) is 53.5 Å². The average molecular weight is 325 g/mol. The van der Waals surface area contributed by atoms with E-state index in [1.165, 1.54) is 11.3 Å². The van der Waals surface area contributed by atoms with E-state index in [1.807, 2.05) is 18.4 Å². The predicted molar refractivity (Wildman–Crippen MR) is 87.5 cm³/mol. The zero-order valence-electron chi connectivity index (χ0n) is 12.4. The predicted octanol–water partition coefficient (Wildman–Crippen LogP) is 2.36. The lowest BCUT2D eigenvalue weighted by molar-refractivity contribution is -0.133. The molecule has 0 aromatic carbocycles. The molecule has 7 heteroatoms. The van der Waals surface area contributed by atoms with Gasteiger partial charge in [0.05, 0.1) is 5.88 Å². The van der Waals surface area contributed by atoms with Crippen LogP contribution >= 0.6 is 23.1 Å². The molecule has 0 radical (unpaired) electrons. The maximum absolute atomic E-state index is 12.6. The first-order valence-electron chi connectivity index (χ1n) is 6.78. The SMILES string of the molecule is CC/C=C(\C)C(=O)N1CSCC1C(=O)N(C)c1nccs1. The maximum Gasteiger partial charge on any atom is 0.252 e. The number of hydrogen-bond acceptors (Lipinski definition) is 5. The van der Waals surface area contributed by atoms with Gasteiger partial charge < -0.3 is 4.90 Å². The molecule has 1 aliphatic heterocycles. The monoisotopic (exact) mass is 325 g/mol. The van der Waals surface area contributed by atoms with Gasteiger partial charge in [-0.25, -0.2) is 4.98 Å². The standard InChI is InChI=1S/C14H19N3O2S2/c1-4-5-10(2)12(18)17-9-20-8-11(17)13(19)16(3)14-15-6-7-21-14/h5-7,11H,4,8-9H2,1-3H3/b10-5+. The van der Waals surface area contributed by atoms with Gasteiger partial charge in [0.2, 0.25) is 0 Å². The molecule has 0 spiro atoms. The number of likely N-dealkylation sites (N-methyl/N-ethyl adjacent to an activating group) is 1. The number of allylic oxidation sites excluding steroid dienone is 1. The summed E-state index contributed by atoms with van der Waals surface area (Å²) in [5.41, 5.74) is 0.703. The van der Waals surface area contributed by atoms with Gasteiger partial charge in [-0.15, -0.1) is 23.1 Å². The van der Waals surface area contributed by atoms with E-state index in [-0.39, 0.29) is 11.8 Å². The number of thiazole rings is 1. The second kappa shape index (κ2) is 7.09. The van der Waals surface area contributed by atoms with Crippen LogP contribution in [0.5, 0.6) is 0 Å². The summed E-state index contributed by atoms with van der Waals surface area (Å²) in [5.74, 6) is 1.08. The summed E-state index contributed by atoms with van der Waals surface area (Å²) >= 11 is 3.03. The van der Waals surface area contributed by atoms with E-state index >= 15 is 0 Å². The third-order valence-electron chi connectivity index (χ3n) is 3.31. The Kier molecular flexibility index (Phi) is 5.41. The molecule has 0 bridgehead atoms. The van der Waals surface area contributed by atoms with Crippen LogP contribution in [0.25, 0.3) is 0 Å². The van der Waals surface area contributed by atoms with Crippen LogP contribution < -0.4 is 4.90 Å². The Morgan fingerprint density at radius 2 is 2.33 bits per heavy atom. The van der Waals surface area contributed by atoms with Crippen LogP contribution in [0.15, 0.2) is 23.2 Å². The van der Waals surface area contributed by atoms with Gasteiger partial charge in [-0.05, 0) is 13.3 Å². The summed E-state index contributed by atoms with van der Waals surface area (Å²) in [6, 6.07) is -0.406. The summed E-state index contributed by atoms with van der Waals surface area (Å²) < 4.78 is 0. The average Bonchev–Trinajstić information content (AvgIpc) is 3.15. The second-order valence-electron chi connectivity index (χ2n) is 4.80. The van der Waals surface area contributed by atoms with Crippen molar-refractivity contribution in [2.45, 2.75) is 26.3 Å². The van der Waals surface area contributed by atoms with Crippen LogP contribution in [0.4, 0.5) is 5.13 Å². The number of rotatable bonds is 4. The van der Waals surface area contributed by atoms with Gasteiger partial charge in [0.25, 0.3) is 11.8 Å². The minimum Gasteiger partial charge on any atom is -0.317 e. The summed E-state index contributed by atoms with van der Waals surface area (Å²) in [6.45, 7) is 3.80. The number of hydrogen-bond donors (Lipinski definition) is 0. The summed E-state index contributed by atoms with van der Waals surface area (Å²) in [6.07, 6.45) is 4.39. The molecule has 21 heavy (non-hydrogen) atoms. The number of amides is 2. The highest BCUT2D eigenvalue weighted by Crippen LogP contribution is 2.26. The van der Waals surface area contributed by atoms with E-state index in [1.54, 1.807) is 41.7 Å². The van der Waals surface area contributed by atoms with E-state index in [0.29, 0.717) is 22.3 Å². The van der Waals surface area contributed by atoms with Gasteiger partial charge in [0.15, 0.2) is 5.13 Å². The highest BCUT2D eigenvalue weighted by Gasteiger charge is 2.37. The fourth-order valence-electron chi connectivity index (χ4n) is 2.17. The quantitative estimate of drug-likeness (QED) is 0.798. The Bertz CT molecular complexity index is 542. The zero-order chi connectivity index (χ0) is 15.4. The molecule has 0 aliphatic carbocycles. The Morgan fingerprint density at radius 3 is 2.95 bits per heavy atom. The molecule has 1 aromatic heterocycles. The first-order valence-corrected chi connectivity index (χ1v) is 8.82. The minimum absolute atomic E-state index is 0.0484. The molecule has 2 rings (SSSR count). The van der Waals surface area contributed by atoms with E-state index in [0.717, 1.165) is 6.42 Å². The van der Waals surface area contributed by atoms with Gasteiger partial charge in [-0.3, -0.25) is 14.5 Å². The molecule has 0 saturated carbocycles. The van der Waals surface area contributed by atoms with Crippen LogP contribution in [0, 0.1) is 0 Å². The number of thioether (sulfide) groups is 1. The van der Waals surface area contributed by atoms with Gasteiger partial charge in [-0.2, -0.15) is 0 Å². The van der Waals surface area contributed by atoms with E-state index in [9.17, 15) is 9.59 Å². The number of aromatic nitrogens is 1. The molecule has 2 amide bonds. The lowest BCUT2D eigenvalue weighted by Crippen LogP contribution is -2.48. The van der Waals surface area contributed by atoms with Gasteiger partial charge in [0.1, 0.15) is 6.04 Å². The van der Waals surface area contributed by atoms with Crippen molar-refractivity contribution in [3.8, 4) is 0 Å². The first-order chi connectivity index (χ1) is 10.1. The number of carbonyl (C=O) groups excluding carboxylic acids is 2. The lowest BCUT2D eigenvalue weighted by atomic mass is 10.2. The van der Waals surface area contributed by atoms with Crippen molar-refractivity contribution in [1.29, 1.82) is 0 Å². The van der Waals surface area contributed by atoms with Crippen molar-refractivity contribution < 1.29 is 9.59 Å². The minimum atomic E-state index is -0.406. The number of nitrogens with zero attached hydrogens (tertiary/aromatic N) is 3. The fraction of sp³-hybridized carbons (Fsp3) is 0.500. The number of carbonyl (C=O) groups is 2. The normalized spacial score (nSPS) is 18.9. The highest BCUT2D eigenvalue weighted by molar-refractivity contribution is 7.99. The summed E-state index contributed by atoms with van der Waals surface area (Å²) in [5, 5.41) is 2.49. The number of anilines is 1. The largest absolute Gasteiger partial charge is 0.317 e. The van der Waals surface area contributed by atoms with E-state index in [4.69, 9.17) is 0 Å². The van der Waals surface area contributed by atoms with E-state index < -0.39 is 6.04 Å². The molecule has 1 fully saturated rings. The van der Waals surface area contributed by atoms with Gasteiger partial charge in [0, 0.05) is 30.0 Å². The molecular formula is C14H19N3O2S2. The van der Waals surface area contributed by atoms with Crippen LogP contribution in [0.1, 0.15) is 20.3 Å². The molecule has 0 N–H and O–H groups in total. The third kappa shape index (κ3) is 3.47. The fourth-order valence-corrected chi connectivity index (χ4v) is 3.93. The third-order valence-corrected chi connectivity index (χ3v) is 5.17. The summed E-state index contributed by atoms with van der Waals surface area (Å²) in [4.78, 5) is 32.4. The molecule has 114 valence electrons. The van der Waals surface area contributed by atoms with Crippen LogP contribution in [0.2, 0.25) is 0 Å². The Labute approximate surface area is 133 Å². The van der Waals surface area contributed by atoms with Gasteiger partial charge in [-0.1, -0.05) is 13.0 Å². The van der Waals surface area contributed by atoms with Crippen molar-refractivity contribution in [3.63, 3.8) is 0 Å². The van der Waals surface area contributed by atoms with Crippen molar-refractivity contribution in [2.24, 2.45) is 0 Å². The molecule has 1 aromatic rings. The Hall–Kier alpha value is -1.34. The summed E-state index contributed by atoms with van der Waals surface area (Å²) in [7, 11) is 1.71. The maximum atomic E-state index is 12.6. The second-order valence-corrected chi connectivity index (χ2v) is 6.67.